The molecule has 0 spiro atoms. The maximum Gasteiger partial charge on any atom is 0.269 e. The topological polar surface area (TPSA) is 46.6 Å². The Balaban J connectivity index is 2.04. The zero-order valence-electron chi connectivity index (χ0n) is 14.1. The van der Waals surface area contributed by atoms with Gasteiger partial charge in [-0.05, 0) is 36.9 Å². The van der Waals surface area contributed by atoms with E-state index in [2.05, 4.69) is 0 Å². The number of anilines is 1. The molecule has 1 aliphatic rings. The molecule has 4 nitrogen and oxygen atoms in total. The molecule has 0 bridgehead atoms. The molecule has 4 rings (SSSR count). The van der Waals surface area contributed by atoms with Crippen molar-refractivity contribution in [2.75, 3.05) is 11.5 Å². The highest BCUT2D eigenvalue weighted by Gasteiger charge is 2.41. The first kappa shape index (κ1) is 15.4. The Bertz CT molecular complexity index is 1010. The second kappa shape index (κ2) is 5.74. The molecule has 1 heterocycles. The van der Waals surface area contributed by atoms with E-state index in [0.717, 1.165) is 16.3 Å². The van der Waals surface area contributed by atoms with E-state index in [1.807, 2.05) is 56.3 Å². The van der Waals surface area contributed by atoms with Gasteiger partial charge in [0.2, 0.25) is 0 Å². The van der Waals surface area contributed by atoms with Crippen molar-refractivity contribution < 1.29 is 14.3 Å². The van der Waals surface area contributed by atoms with Gasteiger partial charge in [-0.15, -0.1) is 0 Å². The summed E-state index contributed by atoms with van der Waals surface area (Å²) in [4.78, 5) is 27.4. The molecular formula is C21H17NO3. The van der Waals surface area contributed by atoms with E-state index in [4.69, 9.17) is 4.74 Å². The van der Waals surface area contributed by atoms with Gasteiger partial charge in [0.15, 0.2) is 0 Å². The summed E-state index contributed by atoms with van der Waals surface area (Å²) in [5.41, 5.74) is 2.19. The van der Waals surface area contributed by atoms with Gasteiger partial charge in [-0.3, -0.25) is 9.59 Å². The predicted molar refractivity (Wildman–Crippen MR) is 97.4 cm³/mol. The number of para-hydroxylation sites is 1. The summed E-state index contributed by atoms with van der Waals surface area (Å²) in [7, 11) is 0. The zero-order chi connectivity index (χ0) is 17.6. The fourth-order valence-electron chi connectivity index (χ4n) is 3.47. The van der Waals surface area contributed by atoms with Crippen LogP contribution in [0.25, 0.3) is 10.8 Å². The Morgan fingerprint density at radius 2 is 1.44 bits per heavy atom. The zero-order valence-corrected chi connectivity index (χ0v) is 14.1. The number of hydrogen-bond donors (Lipinski definition) is 0. The second-order valence-corrected chi connectivity index (χ2v) is 5.96. The molecule has 0 saturated carbocycles. The van der Waals surface area contributed by atoms with Crippen molar-refractivity contribution in [1.29, 1.82) is 0 Å². The minimum absolute atomic E-state index is 0.296. The van der Waals surface area contributed by atoms with Gasteiger partial charge in [0, 0.05) is 5.39 Å². The van der Waals surface area contributed by atoms with Crippen LogP contribution in [-0.4, -0.2) is 18.4 Å². The van der Waals surface area contributed by atoms with Gasteiger partial charge in [-0.25, -0.2) is 4.90 Å². The third-order valence-corrected chi connectivity index (χ3v) is 4.56. The Labute approximate surface area is 145 Å². The van der Waals surface area contributed by atoms with Crippen molar-refractivity contribution >= 4 is 28.3 Å². The Morgan fingerprint density at radius 1 is 0.840 bits per heavy atom. The molecule has 3 aromatic carbocycles. The molecule has 0 aliphatic carbocycles. The van der Waals surface area contributed by atoms with Crippen LogP contribution in [0.3, 0.4) is 0 Å². The Hall–Kier alpha value is -3.14. The summed E-state index contributed by atoms with van der Waals surface area (Å²) < 4.78 is 5.82. The number of benzene rings is 3. The van der Waals surface area contributed by atoms with Gasteiger partial charge in [-0.2, -0.15) is 0 Å². The Kier molecular flexibility index (Phi) is 3.53. The molecule has 2 amide bonds. The van der Waals surface area contributed by atoms with E-state index in [1.54, 1.807) is 12.1 Å². The fourth-order valence-corrected chi connectivity index (χ4v) is 3.47. The molecule has 25 heavy (non-hydrogen) atoms. The smallest absolute Gasteiger partial charge is 0.269 e. The van der Waals surface area contributed by atoms with Crippen molar-refractivity contribution in [2.24, 2.45) is 0 Å². The molecule has 0 unspecified atom stereocenters. The largest absolute Gasteiger partial charge is 0.492 e. The van der Waals surface area contributed by atoms with Crippen LogP contribution in [0.15, 0.2) is 54.6 Å². The highest BCUT2D eigenvalue weighted by Crippen LogP contribution is 2.41. The van der Waals surface area contributed by atoms with Crippen LogP contribution in [0.2, 0.25) is 0 Å². The normalized spacial score (nSPS) is 13.4. The number of nitrogens with zero attached hydrogens (tertiary/aromatic N) is 1. The molecule has 0 saturated heterocycles. The lowest BCUT2D eigenvalue weighted by Gasteiger charge is -2.14. The molecule has 0 N–H and O–H groups in total. The SMILES string of the molecule is CCOc1c2c(c(C)c3ccccc13)C(=O)N(c1ccccc1)C2=O. The summed E-state index contributed by atoms with van der Waals surface area (Å²) in [6.07, 6.45) is 0. The van der Waals surface area contributed by atoms with Crippen LogP contribution in [0.1, 0.15) is 33.2 Å². The number of rotatable bonds is 3. The van der Waals surface area contributed by atoms with Gasteiger partial charge in [0.25, 0.3) is 11.8 Å². The minimum Gasteiger partial charge on any atom is -0.492 e. The van der Waals surface area contributed by atoms with E-state index in [9.17, 15) is 9.59 Å². The number of ether oxygens (including phenoxy) is 1. The fraction of sp³-hybridized carbons (Fsp3) is 0.143. The number of hydrogen-bond acceptors (Lipinski definition) is 3. The van der Waals surface area contributed by atoms with Gasteiger partial charge in [0.1, 0.15) is 5.75 Å². The second-order valence-electron chi connectivity index (χ2n) is 5.96. The Morgan fingerprint density at radius 3 is 2.12 bits per heavy atom. The molecule has 0 fully saturated rings. The molecule has 0 atom stereocenters. The number of fused-ring (bicyclic) bond motifs is 2. The van der Waals surface area contributed by atoms with Crippen LogP contribution < -0.4 is 9.64 Å². The minimum atomic E-state index is -0.330. The summed E-state index contributed by atoms with van der Waals surface area (Å²) in [6, 6.07) is 16.7. The average Bonchev–Trinajstić information content (AvgIpc) is 2.90. The van der Waals surface area contributed by atoms with Gasteiger partial charge >= 0.3 is 0 Å². The van der Waals surface area contributed by atoms with Crippen LogP contribution >= 0.6 is 0 Å². The molecule has 124 valence electrons. The van der Waals surface area contributed by atoms with Gasteiger partial charge < -0.3 is 4.74 Å². The number of imide groups is 1. The van der Waals surface area contributed by atoms with Gasteiger partial charge in [-0.1, -0.05) is 42.5 Å². The van der Waals surface area contributed by atoms with Crippen molar-refractivity contribution in [3.63, 3.8) is 0 Å². The first-order valence-electron chi connectivity index (χ1n) is 8.27. The van der Waals surface area contributed by atoms with E-state index in [-0.39, 0.29) is 11.8 Å². The average molecular weight is 331 g/mol. The van der Waals surface area contributed by atoms with Gasteiger partial charge in [0.05, 0.1) is 23.4 Å². The molecule has 1 aliphatic heterocycles. The highest BCUT2D eigenvalue weighted by atomic mass is 16.5. The monoisotopic (exact) mass is 331 g/mol. The first-order chi connectivity index (χ1) is 12.1. The van der Waals surface area contributed by atoms with E-state index in [0.29, 0.717) is 29.2 Å². The highest BCUT2D eigenvalue weighted by molar-refractivity contribution is 6.37. The van der Waals surface area contributed by atoms with Crippen molar-refractivity contribution in [2.45, 2.75) is 13.8 Å². The summed E-state index contributed by atoms with van der Waals surface area (Å²) in [5, 5.41) is 1.79. The van der Waals surface area contributed by atoms with E-state index >= 15 is 0 Å². The molecule has 0 radical (unpaired) electrons. The molecular weight excluding hydrogens is 314 g/mol. The molecule has 4 heteroatoms. The lowest BCUT2D eigenvalue weighted by molar-refractivity contribution is 0.0925. The van der Waals surface area contributed by atoms with Crippen LogP contribution in [-0.2, 0) is 0 Å². The summed E-state index contributed by atoms with van der Waals surface area (Å²) in [6.45, 7) is 4.18. The first-order valence-corrected chi connectivity index (χ1v) is 8.27. The van der Waals surface area contributed by atoms with Crippen LogP contribution in [0, 0.1) is 6.92 Å². The van der Waals surface area contributed by atoms with Crippen molar-refractivity contribution in [3.8, 4) is 5.75 Å². The number of carbonyl (C=O) groups is 2. The van der Waals surface area contributed by atoms with E-state index < -0.39 is 0 Å². The van der Waals surface area contributed by atoms with Crippen LogP contribution in [0.5, 0.6) is 5.75 Å². The van der Waals surface area contributed by atoms with Crippen molar-refractivity contribution in [3.05, 3.63) is 71.3 Å². The summed E-state index contributed by atoms with van der Waals surface area (Å²) in [5.74, 6) is -0.130. The van der Waals surface area contributed by atoms with E-state index in [1.165, 1.54) is 4.90 Å². The lowest BCUT2D eigenvalue weighted by atomic mass is 9.95. The quantitative estimate of drug-likeness (QED) is 0.670. The number of aryl methyl sites for hydroxylation is 1. The maximum atomic E-state index is 13.1. The standard InChI is InChI=1S/C21H17NO3/c1-3-25-19-16-12-8-7-11-15(16)13(2)17-18(19)21(24)22(20(17)23)14-9-5-4-6-10-14/h4-12H,3H2,1-2H3. The predicted octanol–water partition coefficient (Wildman–Crippen LogP) is 4.35. The molecule has 0 aromatic heterocycles. The molecule has 3 aromatic rings. The third kappa shape index (κ3) is 2.14. The number of amides is 2. The summed E-state index contributed by atoms with van der Waals surface area (Å²) >= 11 is 0. The van der Waals surface area contributed by atoms with Crippen molar-refractivity contribution in [1.82, 2.24) is 0 Å². The van der Waals surface area contributed by atoms with Crippen LogP contribution in [0.4, 0.5) is 5.69 Å². The number of carbonyl (C=O) groups excluding carboxylic acids is 2. The third-order valence-electron chi connectivity index (χ3n) is 4.56. The lowest BCUT2D eigenvalue weighted by Crippen LogP contribution is -2.29. The maximum absolute atomic E-state index is 13.1.